The van der Waals surface area contributed by atoms with Crippen molar-refractivity contribution in [2.45, 2.75) is 23.8 Å². The number of thioether (sulfide) groups is 1. The smallest absolute Gasteiger partial charge is 0.287 e. The third-order valence-corrected chi connectivity index (χ3v) is 6.38. The molecule has 2 aromatic carbocycles. The zero-order valence-corrected chi connectivity index (χ0v) is 19.7. The van der Waals surface area contributed by atoms with Crippen LogP contribution >= 0.6 is 11.8 Å². The van der Waals surface area contributed by atoms with E-state index in [-0.39, 0.29) is 5.89 Å². The highest BCUT2D eigenvalue weighted by molar-refractivity contribution is 7.98. The molecule has 1 aliphatic heterocycles. The standard InChI is InChI=1S/C27H21N3O4S/c1-31-22-11-12-23(21(13-22)14-28)19-9-7-18(8-10-19)17-35-27-30-29-26(34-27)25-16-32-15-24(33-25)20-5-3-2-4-6-20/h2-3,5,7-13,15-16H,4,6,17H2,1H3. The predicted octanol–water partition coefficient (Wildman–Crippen LogP) is 6.37. The number of hydrogen-bond donors (Lipinski definition) is 0. The first-order valence-corrected chi connectivity index (χ1v) is 12.0. The Balaban J connectivity index is 1.21. The Bertz CT molecular complexity index is 1390. The highest BCUT2D eigenvalue weighted by Crippen LogP contribution is 2.32. The molecule has 2 heterocycles. The van der Waals surface area contributed by atoms with Crippen LogP contribution in [0, 0.1) is 11.3 Å². The van der Waals surface area contributed by atoms with E-state index in [0.717, 1.165) is 35.1 Å². The summed E-state index contributed by atoms with van der Waals surface area (Å²) in [5.41, 5.74) is 4.55. The minimum absolute atomic E-state index is 0.268. The van der Waals surface area contributed by atoms with Gasteiger partial charge in [-0.2, -0.15) is 5.26 Å². The van der Waals surface area contributed by atoms with Gasteiger partial charge in [-0.1, -0.05) is 54.3 Å². The number of hydrogen-bond acceptors (Lipinski definition) is 8. The average molecular weight is 484 g/mol. The quantitative estimate of drug-likeness (QED) is 0.358. The van der Waals surface area contributed by atoms with Gasteiger partial charge in [-0.15, -0.1) is 10.2 Å². The molecular weight excluding hydrogens is 462 g/mol. The molecule has 7 nitrogen and oxygen atoms in total. The van der Waals surface area contributed by atoms with Gasteiger partial charge in [0.05, 0.1) is 18.7 Å². The maximum atomic E-state index is 9.48. The molecule has 0 unspecified atom stereocenters. The van der Waals surface area contributed by atoms with Gasteiger partial charge in [-0.25, -0.2) is 0 Å². The Hall–Kier alpha value is -4.22. The molecule has 0 radical (unpaired) electrons. The molecule has 35 heavy (non-hydrogen) atoms. The van der Waals surface area contributed by atoms with Crippen molar-refractivity contribution in [3.8, 4) is 22.9 Å². The summed E-state index contributed by atoms with van der Waals surface area (Å²) in [6, 6.07) is 15.8. The molecule has 5 rings (SSSR count). The molecule has 0 N–H and O–H groups in total. The van der Waals surface area contributed by atoms with Crippen LogP contribution in [0.5, 0.6) is 5.75 Å². The van der Waals surface area contributed by atoms with Gasteiger partial charge in [0, 0.05) is 5.75 Å². The van der Waals surface area contributed by atoms with E-state index in [4.69, 9.17) is 18.6 Å². The molecule has 0 bridgehead atoms. The Morgan fingerprint density at radius 3 is 2.71 bits per heavy atom. The number of ether oxygens (including phenoxy) is 3. The van der Waals surface area contributed by atoms with Crippen LogP contribution in [0.15, 0.2) is 94.2 Å². The first-order valence-electron chi connectivity index (χ1n) is 11.0. The Morgan fingerprint density at radius 1 is 1.09 bits per heavy atom. The summed E-state index contributed by atoms with van der Waals surface area (Å²) in [4.78, 5) is 0. The zero-order chi connectivity index (χ0) is 24.0. The number of rotatable bonds is 7. The van der Waals surface area contributed by atoms with Gasteiger partial charge in [-0.05, 0) is 53.3 Å². The van der Waals surface area contributed by atoms with Crippen LogP contribution in [-0.2, 0) is 15.2 Å². The molecule has 0 saturated heterocycles. The lowest BCUT2D eigenvalue weighted by Crippen LogP contribution is -2.03. The van der Waals surface area contributed by atoms with Crippen LogP contribution in [0.4, 0.5) is 0 Å². The first kappa shape index (κ1) is 22.6. The largest absolute Gasteiger partial charge is 0.497 e. The summed E-state index contributed by atoms with van der Waals surface area (Å²) >= 11 is 1.43. The van der Waals surface area contributed by atoms with Crippen LogP contribution in [0.1, 0.15) is 29.9 Å². The lowest BCUT2D eigenvalue weighted by Gasteiger charge is -2.17. The molecule has 0 amide bonds. The average Bonchev–Trinajstić information content (AvgIpc) is 3.42. The maximum Gasteiger partial charge on any atom is 0.287 e. The summed E-state index contributed by atoms with van der Waals surface area (Å²) in [5, 5.41) is 18.1. The number of nitrogens with zero attached hydrogens (tertiary/aromatic N) is 3. The van der Waals surface area contributed by atoms with E-state index in [0.29, 0.717) is 33.8 Å². The Labute approximate surface area is 207 Å². The normalized spacial score (nSPS) is 14.7. The topological polar surface area (TPSA) is 90.4 Å². The predicted molar refractivity (Wildman–Crippen MR) is 132 cm³/mol. The summed E-state index contributed by atoms with van der Waals surface area (Å²) < 4.78 is 22.4. The number of benzene rings is 2. The summed E-state index contributed by atoms with van der Waals surface area (Å²) in [6.45, 7) is 0. The molecule has 0 saturated carbocycles. The minimum Gasteiger partial charge on any atom is -0.497 e. The summed E-state index contributed by atoms with van der Waals surface area (Å²) in [6.07, 6.45) is 11.0. The lowest BCUT2D eigenvalue weighted by atomic mass is 9.99. The molecule has 2 aliphatic rings. The van der Waals surface area contributed by atoms with Gasteiger partial charge in [-0.3, -0.25) is 0 Å². The molecule has 174 valence electrons. The third-order valence-electron chi connectivity index (χ3n) is 5.49. The van der Waals surface area contributed by atoms with Crippen molar-refractivity contribution in [1.29, 1.82) is 5.26 Å². The van der Waals surface area contributed by atoms with Crippen molar-refractivity contribution in [1.82, 2.24) is 10.2 Å². The minimum atomic E-state index is 0.268. The van der Waals surface area contributed by atoms with Gasteiger partial charge in [0.15, 0.2) is 5.76 Å². The van der Waals surface area contributed by atoms with Crippen LogP contribution in [-0.4, -0.2) is 17.3 Å². The second-order valence-corrected chi connectivity index (χ2v) is 8.67. The molecule has 0 fully saturated rings. The molecule has 1 aromatic heterocycles. The van der Waals surface area contributed by atoms with E-state index in [1.165, 1.54) is 18.0 Å². The van der Waals surface area contributed by atoms with Gasteiger partial charge in [0.2, 0.25) is 5.76 Å². The number of nitriles is 1. The SMILES string of the molecule is COc1ccc(-c2ccc(CSc3nnc(C4=COC=C(C5=CC=CCC5)O4)o3)cc2)c(C#N)c1. The maximum absolute atomic E-state index is 9.48. The lowest BCUT2D eigenvalue weighted by molar-refractivity contribution is 0.271. The van der Waals surface area contributed by atoms with Crippen molar-refractivity contribution >= 4 is 17.5 Å². The van der Waals surface area contributed by atoms with E-state index in [1.807, 2.05) is 48.6 Å². The van der Waals surface area contributed by atoms with Crippen molar-refractivity contribution in [2.24, 2.45) is 0 Å². The molecule has 8 heteroatoms. The second kappa shape index (κ2) is 10.4. The van der Waals surface area contributed by atoms with Crippen molar-refractivity contribution in [3.05, 3.63) is 102 Å². The number of allylic oxidation sites excluding steroid dienone is 4. The Kier molecular flexibility index (Phi) is 6.68. The fourth-order valence-electron chi connectivity index (χ4n) is 3.66. The van der Waals surface area contributed by atoms with Gasteiger partial charge >= 0.3 is 0 Å². The highest BCUT2D eigenvalue weighted by Gasteiger charge is 2.21. The summed E-state index contributed by atoms with van der Waals surface area (Å²) in [5.74, 6) is 2.61. The fraction of sp³-hybridized carbons (Fsp3) is 0.148. The van der Waals surface area contributed by atoms with Crippen LogP contribution in [0.2, 0.25) is 0 Å². The molecular formula is C27H21N3O4S. The summed E-state index contributed by atoms with van der Waals surface area (Å²) in [7, 11) is 1.59. The molecule has 1 aliphatic carbocycles. The van der Waals surface area contributed by atoms with Gasteiger partial charge in [0.1, 0.15) is 18.3 Å². The van der Waals surface area contributed by atoms with Crippen molar-refractivity contribution in [2.75, 3.05) is 7.11 Å². The second-order valence-electron chi connectivity index (χ2n) is 7.74. The first-order chi connectivity index (χ1) is 17.2. The highest BCUT2D eigenvalue weighted by atomic mass is 32.2. The number of methoxy groups -OCH3 is 1. The van der Waals surface area contributed by atoms with Gasteiger partial charge in [0.25, 0.3) is 11.1 Å². The third kappa shape index (κ3) is 5.15. The van der Waals surface area contributed by atoms with E-state index in [9.17, 15) is 5.26 Å². The van der Waals surface area contributed by atoms with E-state index in [1.54, 1.807) is 19.4 Å². The fourth-order valence-corrected chi connectivity index (χ4v) is 4.37. The number of aromatic nitrogens is 2. The zero-order valence-electron chi connectivity index (χ0n) is 18.9. The van der Waals surface area contributed by atoms with E-state index < -0.39 is 0 Å². The molecule has 0 atom stereocenters. The van der Waals surface area contributed by atoms with Crippen molar-refractivity contribution in [3.63, 3.8) is 0 Å². The van der Waals surface area contributed by atoms with Gasteiger partial charge < -0.3 is 18.6 Å². The van der Waals surface area contributed by atoms with Crippen LogP contribution in [0.25, 0.3) is 16.9 Å². The Morgan fingerprint density at radius 2 is 1.94 bits per heavy atom. The monoisotopic (exact) mass is 483 g/mol. The van der Waals surface area contributed by atoms with E-state index >= 15 is 0 Å². The molecule has 0 spiro atoms. The van der Waals surface area contributed by atoms with E-state index in [2.05, 4.69) is 22.3 Å². The van der Waals surface area contributed by atoms with Crippen LogP contribution < -0.4 is 4.74 Å². The van der Waals surface area contributed by atoms with Crippen LogP contribution in [0.3, 0.4) is 0 Å². The van der Waals surface area contributed by atoms with Crippen molar-refractivity contribution < 1.29 is 18.6 Å². The molecule has 3 aromatic rings.